The van der Waals surface area contributed by atoms with Gasteiger partial charge >= 0.3 is 0 Å². The van der Waals surface area contributed by atoms with E-state index in [4.69, 9.17) is 10.5 Å². The van der Waals surface area contributed by atoms with Crippen LogP contribution in [0.5, 0.6) is 5.75 Å². The number of para-hydroxylation sites is 1. The maximum Gasteiger partial charge on any atom is 0.251 e. The lowest BCUT2D eigenvalue weighted by Gasteiger charge is -2.23. The number of ether oxygens (including phenoxy) is 1. The molecule has 29 heavy (non-hydrogen) atoms. The number of amides is 2. The second kappa shape index (κ2) is 10.7. The summed E-state index contributed by atoms with van der Waals surface area (Å²) in [5, 5.41) is 5.76. The Kier molecular flexibility index (Phi) is 8.02. The molecule has 2 amide bonds. The van der Waals surface area contributed by atoms with E-state index in [1.165, 1.54) is 0 Å². The molecule has 0 fully saturated rings. The molecule has 2 aromatic rings. The van der Waals surface area contributed by atoms with Crippen LogP contribution in [-0.4, -0.2) is 50.4 Å². The molecular formula is C21H27N5O3. The molecule has 0 spiro atoms. The minimum Gasteiger partial charge on any atom is -0.496 e. The average molecular weight is 397 g/mol. The Morgan fingerprint density at radius 1 is 1.10 bits per heavy atom. The third kappa shape index (κ3) is 6.53. The van der Waals surface area contributed by atoms with Crippen LogP contribution in [0.3, 0.4) is 0 Å². The quantitative estimate of drug-likeness (QED) is 0.457. The fourth-order valence-electron chi connectivity index (χ4n) is 2.77. The van der Waals surface area contributed by atoms with E-state index in [0.29, 0.717) is 18.7 Å². The van der Waals surface area contributed by atoms with Crippen LogP contribution in [0, 0.1) is 0 Å². The van der Waals surface area contributed by atoms with Gasteiger partial charge in [-0.2, -0.15) is 0 Å². The van der Waals surface area contributed by atoms with Gasteiger partial charge in [-0.05, 0) is 23.8 Å². The van der Waals surface area contributed by atoms with E-state index in [0.717, 1.165) is 22.8 Å². The monoisotopic (exact) mass is 397 g/mol. The first kappa shape index (κ1) is 21.7. The highest BCUT2D eigenvalue weighted by molar-refractivity contribution is 5.96. The van der Waals surface area contributed by atoms with Crippen molar-refractivity contribution in [2.24, 2.45) is 10.7 Å². The first-order chi connectivity index (χ1) is 13.9. The van der Waals surface area contributed by atoms with Gasteiger partial charge in [0.1, 0.15) is 5.75 Å². The second-order valence-electron chi connectivity index (χ2n) is 6.41. The molecule has 0 unspecified atom stereocenters. The summed E-state index contributed by atoms with van der Waals surface area (Å²) in [4.78, 5) is 29.0. The van der Waals surface area contributed by atoms with Gasteiger partial charge in [-0.15, -0.1) is 0 Å². The van der Waals surface area contributed by atoms with Crippen molar-refractivity contribution >= 4 is 17.8 Å². The van der Waals surface area contributed by atoms with Gasteiger partial charge in [0.25, 0.3) is 5.91 Å². The number of hydrogen-bond acceptors (Lipinski definition) is 4. The van der Waals surface area contributed by atoms with Crippen molar-refractivity contribution in [2.45, 2.75) is 13.1 Å². The van der Waals surface area contributed by atoms with Crippen LogP contribution in [0.4, 0.5) is 0 Å². The number of primary amides is 1. The van der Waals surface area contributed by atoms with Crippen LogP contribution in [0.25, 0.3) is 0 Å². The van der Waals surface area contributed by atoms with Gasteiger partial charge in [0.05, 0.1) is 13.7 Å². The van der Waals surface area contributed by atoms with Crippen LogP contribution in [0.15, 0.2) is 53.5 Å². The molecule has 0 aliphatic rings. The van der Waals surface area contributed by atoms with Crippen molar-refractivity contribution < 1.29 is 14.3 Å². The zero-order chi connectivity index (χ0) is 21.2. The van der Waals surface area contributed by atoms with Gasteiger partial charge in [0.15, 0.2) is 5.96 Å². The summed E-state index contributed by atoms with van der Waals surface area (Å²) in [6.07, 6.45) is 0. The number of hydrogen-bond donors (Lipinski definition) is 3. The standard InChI is InChI=1S/C21H27N5O3/c1-23-21(26(2)14-17-6-4-5-7-18(17)29-3)25-12-15-8-10-16(11-9-15)20(28)24-13-19(22)27/h4-11H,12-14H2,1-3H3,(H2,22,27)(H,23,25)(H,24,28). The maximum absolute atomic E-state index is 11.9. The number of guanidine groups is 1. The van der Waals surface area contributed by atoms with Gasteiger partial charge in [0.2, 0.25) is 5.91 Å². The molecule has 0 atom stereocenters. The van der Waals surface area contributed by atoms with E-state index < -0.39 is 5.91 Å². The van der Waals surface area contributed by atoms with Crippen molar-refractivity contribution in [3.05, 3.63) is 65.2 Å². The van der Waals surface area contributed by atoms with Crippen LogP contribution in [0.2, 0.25) is 0 Å². The summed E-state index contributed by atoms with van der Waals surface area (Å²) in [6.45, 7) is 1.01. The number of benzene rings is 2. The SMILES string of the molecule is CN=C(NCc1ccc(C(=O)NCC(N)=O)cc1)N(C)Cc1ccccc1OC. The van der Waals surface area contributed by atoms with Crippen molar-refractivity contribution in [1.29, 1.82) is 0 Å². The molecule has 0 saturated heterocycles. The molecule has 2 rings (SSSR count). The highest BCUT2D eigenvalue weighted by Gasteiger charge is 2.10. The molecule has 154 valence electrons. The van der Waals surface area contributed by atoms with Crippen LogP contribution in [-0.2, 0) is 17.9 Å². The fraction of sp³-hybridized carbons (Fsp3) is 0.286. The zero-order valence-electron chi connectivity index (χ0n) is 16.9. The van der Waals surface area contributed by atoms with Crippen molar-refractivity contribution in [2.75, 3.05) is 27.7 Å². The number of aliphatic imine (C=N–C) groups is 1. The van der Waals surface area contributed by atoms with E-state index in [1.807, 2.05) is 48.3 Å². The molecule has 8 nitrogen and oxygen atoms in total. The number of nitrogens with one attached hydrogen (secondary N) is 2. The molecule has 4 N–H and O–H groups in total. The second-order valence-corrected chi connectivity index (χ2v) is 6.41. The normalized spacial score (nSPS) is 10.9. The van der Waals surface area contributed by atoms with Crippen LogP contribution >= 0.6 is 0 Å². The number of carbonyl (C=O) groups is 2. The fourth-order valence-corrected chi connectivity index (χ4v) is 2.77. The minimum atomic E-state index is -0.581. The predicted octanol–water partition coefficient (Wildman–Crippen LogP) is 1.12. The van der Waals surface area contributed by atoms with E-state index in [-0.39, 0.29) is 12.5 Å². The Bertz CT molecular complexity index is 865. The van der Waals surface area contributed by atoms with Crippen molar-refractivity contribution in [3.63, 3.8) is 0 Å². The molecule has 0 radical (unpaired) electrons. The summed E-state index contributed by atoms with van der Waals surface area (Å²) < 4.78 is 5.40. The predicted molar refractivity (Wildman–Crippen MR) is 113 cm³/mol. The average Bonchev–Trinajstić information content (AvgIpc) is 2.73. The highest BCUT2D eigenvalue weighted by Crippen LogP contribution is 2.18. The van der Waals surface area contributed by atoms with Gasteiger partial charge in [0, 0.05) is 38.3 Å². The summed E-state index contributed by atoms with van der Waals surface area (Å²) in [6, 6.07) is 15.0. The summed E-state index contributed by atoms with van der Waals surface area (Å²) in [7, 11) is 5.34. The summed E-state index contributed by atoms with van der Waals surface area (Å²) in [5.74, 6) is 0.651. The number of nitrogens with two attached hydrogens (primary N) is 1. The Balaban J connectivity index is 1.93. The van der Waals surface area contributed by atoms with Crippen molar-refractivity contribution in [3.8, 4) is 5.75 Å². The number of rotatable bonds is 8. The van der Waals surface area contributed by atoms with Crippen LogP contribution in [0.1, 0.15) is 21.5 Å². The van der Waals surface area contributed by atoms with E-state index in [9.17, 15) is 9.59 Å². The maximum atomic E-state index is 11.9. The van der Waals surface area contributed by atoms with E-state index in [1.54, 1.807) is 26.3 Å². The first-order valence-corrected chi connectivity index (χ1v) is 9.13. The molecular weight excluding hydrogens is 370 g/mol. The summed E-state index contributed by atoms with van der Waals surface area (Å²) >= 11 is 0. The van der Waals surface area contributed by atoms with Gasteiger partial charge in [-0.25, -0.2) is 0 Å². The molecule has 0 aliphatic carbocycles. The smallest absolute Gasteiger partial charge is 0.251 e. The largest absolute Gasteiger partial charge is 0.496 e. The molecule has 0 bridgehead atoms. The Hall–Kier alpha value is -3.55. The third-order valence-electron chi connectivity index (χ3n) is 4.26. The lowest BCUT2D eigenvalue weighted by Crippen LogP contribution is -2.38. The molecule has 0 saturated carbocycles. The topological polar surface area (TPSA) is 109 Å². The van der Waals surface area contributed by atoms with Gasteiger partial charge in [-0.1, -0.05) is 30.3 Å². The number of methoxy groups -OCH3 is 1. The van der Waals surface area contributed by atoms with Crippen LogP contribution < -0.4 is 21.1 Å². The highest BCUT2D eigenvalue weighted by atomic mass is 16.5. The minimum absolute atomic E-state index is 0.184. The molecule has 8 heteroatoms. The van der Waals surface area contributed by atoms with Gasteiger partial charge < -0.3 is 26.0 Å². The van der Waals surface area contributed by atoms with Gasteiger partial charge in [-0.3, -0.25) is 14.6 Å². The molecule has 0 heterocycles. The first-order valence-electron chi connectivity index (χ1n) is 9.13. The number of carbonyl (C=O) groups excluding carboxylic acids is 2. The van der Waals surface area contributed by atoms with E-state index >= 15 is 0 Å². The molecule has 0 aliphatic heterocycles. The lowest BCUT2D eigenvalue weighted by molar-refractivity contribution is -0.117. The zero-order valence-corrected chi connectivity index (χ0v) is 16.9. The number of nitrogens with zero attached hydrogens (tertiary/aromatic N) is 2. The Labute approximate surface area is 170 Å². The van der Waals surface area contributed by atoms with Crippen molar-refractivity contribution in [1.82, 2.24) is 15.5 Å². The van der Waals surface area contributed by atoms with E-state index in [2.05, 4.69) is 15.6 Å². The third-order valence-corrected chi connectivity index (χ3v) is 4.26. The molecule has 2 aromatic carbocycles. The Morgan fingerprint density at radius 3 is 2.41 bits per heavy atom. The molecule has 0 aromatic heterocycles. The Morgan fingerprint density at radius 2 is 1.79 bits per heavy atom. The summed E-state index contributed by atoms with van der Waals surface area (Å²) in [5.41, 5.74) is 7.55. The lowest BCUT2D eigenvalue weighted by atomic mass is 10.1.